The molecule has 2 N–H and O–H groups in total. The van der Waals surface area contributed by atoms with Crippen molar-refractivity contribution in [1.29, 1.82) is 0 Å². The molecule has 166 valence electrons. The average molecular weight is 519 g/mol. The van der Waals surface area contributed by atoms with Gasteiger partial charge in [-0.2, -0.15) is 0 Å². The van der Waals surface area contributed by atoms with Crippen LogP contribution in [0.4, 0.5) is 0 Å². The number of para-hydroxylation sites is 1. The summed E-state index contributed by atoms with van der Waals surface area (Å²) in [7, 11) is 5.76. The number of nitrogens with zero attached hydrogens (tertiary/aromatic N) is 3. The molecule has 1 aromatic carbocycles. The van der Waals surface area contributed by atoms with Crippen LogP contribution in [-0.4, -0.2) is 75.6 Å². The van der Waals surface area contributed by atoms with Crippen LogP contribution in [0.1, 0.15) is 38.8 Å². The lowest BCUT2D eigenvalue weighted by atomic mass is 10.0. The Balaban J connectivity index is 0.00000784. The number of aliphatic imine (C=N–C) groups is 1. The summed E-state index contributed by atoms with van der Waals surface area (Å²) in [5.41, 5.74) is 1.10. The summed E-state index contributed by atoms with van der Waals surface area (Å²) in [5.74, 6) is 1.74. The second kappa shape index (κ2) is 15.3. The van der Waals surface area contributed by atoms with Gasteiger partial charge in [-0.15, -0.1) is 24.0 Å². The molecule has 0 bridgehead atoms. The first-order chi connectivity index (χ1) is 13.5. The van der Waals surface area contributed by atoms with Gasteiger partial charge in [0.25, 0.3) is 0 Å². The minimum atomic E-state index is 0. The lowest BCUT2D eigenvalue weighted by Crippen LogP contribution is -2.40. The van der Waals surface area contributed by atoms with Gasteiger partial charge >= 0.3 is 0 Å². The Morgan fingerprint density at radius 3 is 2.34 bits per heavy atom. The standard InChI is InChI=1S/C21H37N5O2.HI/c1-7-22-21(23-15-14-20(27)26(8-2)9-3)24-16-18(25(4)5)17-12-10-11-13-19(17)28-6;/h10-13,18H,7-9,14-16H2,1-6H3,(H2,22,23,24);1H. The zero-order chi connectivity index (χ0) is 20.9. The van der Waals surface area contributed by atoms with E-state index in [1.54, 1.807) is 7.11 Å². The van der Waals surface area contributed by atoms with E-state index in [4.69, 9.17) is 9.73 Å². The Kier molecular flexibility index (Phi) is 14.5. The fourth-order valence-corrected chi connectivity index (χ4v) is 3.02. The molecule has 0 spiro atoms. The minimum absolute atomic E-state index is 0. The molecule has 0 saturated carbocycles. The number of rotatable bonds is 11. The van der Waals surface area contributed by atoms with Gasteiger partial charge in [0.05, 0.1) is 19.7 Å². The van der Waals surface area contributed by atoms with Gasteiger partial charge in [-0.1, -0.05) is 18.2 Å². The van der Waals surface area contributed by atoms with E-state index in [1.807, 2.05) is 58.0 Å². The molecule has 7 nitrogen and oxygen atoms in total. The molecule has 0 radical (unpaired) electrons. The fourth-order valence-electron chi connectivity index (χ4n) is 3.02. The highest BCUT2D eigenvalue weighted by molar-refractivity contribution is 14.0. The number of ether oxygens (including phenoxy) is 1. The molecule has 1 amide bonds. The number of carbonyl (C=O) groups is 1. The molecule has 1 aromatic rings. The third kappa shape index (κ3) is 9.20. The second-order valence-electron chi connectivity index (χ2n) is 6.68. The summed E-state index contributed by atoms with van der Waals surface area (Å²) in [4.78, 5) is 20.9. The van der Waals surface area contributed by atoms with Crippen molar-refractivity contribution in [2.45, 2.75) is 33.2 Å². The highest BCUT2D eigenvalue weighted by atomic mass is 127. The number of carbonyl (C=O) groups excluding carboxylic acids is 1. The largest absolute Gasteiger partial charge is 0.496 e. The lowest BCUT2D eigenvalue weighted by molar-refractivity contribution is -0.130. The Morgan fingerprint density at radius 1 is 1.14 bits per heavy atom. The first-order valence-electron chi connectivity index (χ1n) is 10.1. The van der Waals surface area contributed by atoms with E-state index < -0.39 is 0 Å². The van der Waals surface area contributed by atoms with Crippen molar-refractivity contribution in [1.82, 2.24) is 20.4 Å². The van der Waals surface area contributed by atoms with Crippen molar-refractivity contribution >= 4 is 35.8 Å². The smallest absolute Gasteiger partial charge is 0.224 e. The number of hydrogen-bond acceptors (Lipinski definition) is 4. The Hall–Kier alpha value is -1.55. The van der Waals surface area contributed by atoms with E-state index in [0.717, 1.165) is 36.9 Å². The topological polar surface area (TPSA) is 69.2 Å². The number of hydrogen-bond donors (Lipinski definition) is 2. The second-order valence-corrected chi connectivity index (χ2v) is 6.68. The summed E-state index contributed by atoms with van der Waals surface area (Å²) in [5, 5.41) is 6.52. The maximum Gasteiger partial charge on any atom is 0.224 e. The predicted molar refractivity (Wildman–Crippen MR) is 131 cm³/mol. The fraction of sp³-hybridized carbons (Fsp3) is 0.619. The van der Waals surface area contributed by atoms with Crippen molar-refractivity contribution in [3.05, 3.63) is 29.8 Å². The van der Waals surface area contributed by atoms with Crippen molar-refractivity contribution in [2.75, 3.05) is 53.9 Å². The Morgan fingerprint density at radius 2 is 1.79 bits per heavy atom. The molecule has 8 heteroatoms. The highest BCUT2D eigenvalue weighted by Gasteiger charge is 2.18. The monoisotopic (exact) mass is 519 g/mol. The Labute approximate surface area is 193 Å². The maximum absolute atomic E-state index is 12.2. The zero-order valence-corrected chi connectivity index (χ0v) is 21.0. The normalized spacial score (nSPS) is 12.2. The molecule has 0 fully saturated rings. The van der Waals surface area contributed by atoms with Gasteiger partial charge in [-0.05, 0) is 40.9 Å². The van der Waals surface area contributed by atoms with Crippen LogP contribution in [0.25, 0.3) is 0 Å². The van der Waals surface area contributed by atoms with E-state index in [1.165, 1.54) is 0 Å². The summed E-state index contributed by atoms with van der Waals surface area (Å²) < 4.78 is 5.52. The average Bonchev–Trinajstić information content (AvgIpc) is 2.69. The number of nitrogens with one attached hydrogen (secondary N) is 2. The van der Waals surface area contributed by atoms with E-state index in [9.17, 15) is 4.79 Å². The van der Waals surface area contributed by atoms with Crippen LogP contribution in [0.15, 0.2) is 29.3 Å². The molecule has 0 saturated heterocycles. The van der Waals surface area contributed by atoms with Crippen molar-refractivity contribution in [3.63, 3.8) is 0 Å². The van der Waals surface area contributed by atoms with E-state index >= 15 is 0 Å². The number of halogens is 1. The van der Waals surface area contributed by atoms with Gasteiger partial charge in [0, 0.05) is 38.2 Å². The quantitative estimate of drug-likeness (QED) is 0.268. The molecule has 1 unspecified atom stereocenters. The molecule has 29 heavy (non-hydrogen) atoms. The number of benzene rings is 1. The van der Waals surface area contributed by atoms with Crippen LogP contribution in [0.3, 0.4) is 0 Å². The van der Waals surface area contributed by atoms with Crippen LogP contribution >= 0.6 is 24.0 Å². The lowest BCUT2D eigenvalue weighted by Gasteiger charge is -2.25. The summed E-state index contributed by atoms with van der Waals surface area (Å²) in [6.45, 7) is 9.41. The molecule has 0 heterocycles. The van der Waals surface area contributed by atoms with E-state index in [-0.39, 0.29) is 35.9 Å². The third-order valence-electron chi connectivity index (χ3n) is 4.64. The molecule has 1 atom stereocenters. The first kappa shape index (κ1) is 27.5. The maximum atomic E-state index is 12.2. The third-order valence-corrected chi connectivity index (χ3v) is 4.64. The molecule has 0 aliphatic rings. The van der Waals surface area contributed by atoms with Gasteiger partial charge in [-0.25, -0.2) is 0 Å². The van der Waals surface area contributed by atoms with E-state index in [2.05, 4.69) is 21.6 Å². The number of amides is 1. The van der Waals surface area contributed by atoms with Gasteiger partial charge in [-0.3, -0.25) is 9.79 Å². The molecule has 1 rings (SSSR count). The highest BCUT2D eigenvalue weighted by Crippen LogP contribution is 2.28. The van der Waals surface area contributed by atoms with E-state index in [0.29, 0.717) is 19.5 Å². The van der Waals surface area contributed by atoms with Gasteiger partial charge in [0.1, 0.15) is 5.75 Å². The van der Waals surface area contributed by atoms with Crippen LogP contribution in [0.5, 0.6) is 5.75 Å². The van der Waals surface area contributed by atoms with Crippen LogP contribution in [-0.2, 0) is 4.79 Å². The minimum Gasteiger partial charge on any atom is -0.496 e. The van der Waals surface area contributed by atoms with Crippen molar-refractivity contribution in [3.8, 4) is 5.75 Å². The number of methoxy groups -OCH3 is 1. The number of likely N-dealkylation sites (N-methyl/N-ethyl adjacent to an activating group) is 1. The molecule has 0 aliphatic carbocycles. The molecular weight excluding hydrogens is 481 g/mol. The van der Waals surface area contributed by atoms with Crippen molar-refractivity contribution in [2.24, 2.45) is 4.99 Å². The SMILES string of the molecule is CCNC(=NCC(c1ccccc1OC)N(C)C)NCCC(=O)N(CC)CC.I. The van der Waals surface area contributed by atoms with Crippen molar-refractivity contribution < 1.29 is 9.53 Å². The van der Waals surface area contributed by atoms with Gasteiger partial charge in [0.2, 0.25) is 5.91 Å². The van der Waals surface area contributed by atoms with Crippen LogP contribution in [0, 0.1) is 0 Å². The molecule has 0 aromatic heterocycles. The summed E-state index contributed by atoms with van der Waals surface area (Å²) in [6.07, 6.45) is 0.454. The first-order valence-corrected chi connectivity index (χ1v) is 10.1. The van der Waals surface area contributed by atoms with Gasteiger partial charge in [0.15, 0.2) is 5.96 Å². The predicted octanol–water partition coefficient (Wildman–Crippen LogP) is 2.73. The van der Waals surface area contributed by atoms with Crippen LogP contribution in [0.2, 0.25) is 0 Å². The van der Waals surface area contributed by atoms with Crippen LogP contribution < -0.4 is 15.4 Å². The van der Waals surface area contributed by atoms with Gasteiger partial charge < -0.3 is 25.2 Å². The number of guanidine groups is 1. The molecular formula is C21H38IN5O2. The zero-order valence-electron chi connectivity index (χ0n) is 18.7. The summed E-state index contributed by atoms with van der Waals surface area (Å²) >= 11 is 0. The summed E-state index contributed by atoms with van der Waals surface area (Å²) in [6, 6.07) is 8.11. The molecule has 0 aliphatic heterocycles. The Bertz CT molecular complexity index is 621.